The summed E-state index contributed by atoms with van der Waals surface area (Å²) in [4.78, 5) is 0. The fraction of sp³-hybridized carbons (Fsp3) is 0.500. The minimum atomic E-state index is 0.571. The van der Waals surface area contributed by atoms with Gasteiger partial charge in [0.1, 0.15) is 0 Å². The molecule has 16 heavy (non-hydrogen) atoms. The molecule has 1 saturated carbocycles. The van der Waals surface area contributed by atoms with Gasteiger partial charge in [-0.15, -0.1) is 0 Å². The fourth-order valence-corrected chi connectivity index (χ4v) is 3.12. The molecule has 0 unspecified atom stereocenters. The molecule has 1 aromatic carbocycles. The summed E-state index contributed by atoms with van der Waals surface area (Å²) in [5, 5.41) is 5.08. The second-order valence-electron chi connectivity index (χ2n) is 4.28. The fourth-order valence-electron chi connectivity index (χ4n) is 2.17. The van der Waals surface area contributed by atoms with Crippen LogP contribution in [0.1, 0.15) is 25.7 Å². The van der Waals surface area contributed by atoms with Crippen molar-refractivity contribution in [2.24, 2.45) is 5.92 Å². The Balaban J connectivity index is 2.03. The summed E-state index contributed by atoms with van der Waals surface area (Å²) in [6, 6.07) is 3.43. The first kappa shape index (κ1) is 12.3. The van der Waals surface area contributed by atoms with E-state index in [2.05, 4.69) is 5.32 Å². The molecule has 2 rings (SSSR count). The summed E-state index contributed by atoms with van der Waals surface area (Å²) in [5.74, 6) is 0.753. The second kappa shape index (κ2) is 5.48. The lowest BCUT2D eigenvalue weighted by atomic mass is 10.1. The van der Waals surface area contributed by atoms with Gasteiger partial charge in [-0.2, -0.15) is 0 Å². The van der Waals surface area contributed by atoms with E-state index in [4.69, 9.17) is 34.8 Å². The van der Waals surface area contributed by atoms with Gasteiger partial charge in [-0.25, -0.2) is 0 Å². The van der Waals surface area contributed by atoms with Crippen molar-refractivity contribution in [3.05, 3.63) is 27.2 Å². The Morgan fingerprint density at radius 2 is 1.62 bits per heavy atom. The van der Waals surface area contributed by atoms with Gasteiger partial charge in [0.05, 0.1) is 15.7 Å². The Kier molecular flexibility index (Phi) is 4.23. The summed E-state index contributed by atoms with van der Waals surface area (Å²) in [7, 11) is 0. The number of rotatable bonds is 3. The van der Waals surface area contributed by atoms with Crippen LogP contribution in [0.3, 0.4) is 0 Å². The smallest absolute Gasteiger partial charge is 0.0720 e. The molecule has 0 saturated heterocycles. The van der Waals surface area contributed by atoms with Crippen molar-refractivity contribution in [3.63, 3.8) is 0 Å². The molecule has 4 heteroatoms. The lowest BCUT2D eigenvalue weighted by Gasteiger charge is -2.14. The molecule has 1 aromatic rings. The van der Waals surface area contributed by atoms with Gasteiger partial charge in [-0.05, 0) is 30.9 Å². The minimum absolute atomic E-state index is 0.571. The molecule has 88 valence electrons. The Labute approximate surface area is 111 Å². The van der Waals surface area contributed by atoms with Crippen LogP contribution in [0.15, 0.2) is 12.1 Å². The summed E-state index contributed by atoms with van der Waals surface area (Å²) in [5.41, 5.74) is 0.805. The van der Waals surface area contributed by atoms with Crippen LogP contribution in [-0.4, -0.2) is 6.54 Å². The number of hydrogen-bond donors (Lipinski definition) is 1. The molecule has 0 radical (unpaired) electrons. The lowest BCUT2D eigenvalue weighted by Crippen LogP contribution is -2.11. The lowest BCUT2D eigenvalue weighted by molar-refractivity contribution is 0.580. The van der Waals surface area contributed by atoms with Crippen molar-refractivity contribution in [3.8, 4) is 0 Å². The van der Waals surface area contributed by atoms with Crippen LogP contribution >= 0.6 is 34.8 Å². The monoisotopic (exact) mass is 277 g/mol. The second-order valence-corrected chi connectivity index (χ2v) is 5.53. The maximum atomic E-state index is 6.09. The predicted octanol–water partition coefficient (Wildman–Crippen LogP) is 5.25. The molecule has 0 spiro atoms. The number of anilines is 1. The molecule has 1 nitrogen and oxygen atoms in total. The standard InChI is InChI=1S/C12H14Cl3N/c13-9-5-10(14)12(11(15)6-9)16-7-8-3-1-2-4-8/h5-6,8,16H,1-4,7H2. The normalized spacial score (nSPS) is 16.7. The largest absolute Gasteiger partial charge is 0.382 e. The van der Waals surface area contributed by atoms with Crippen LogP contribution in [0.4, 0.5) is 5.69 Å². The van der Waals surface area contributed by atoms with Crippen LogP contribution in [-0.2, 0) is 0 Å². The number of benzene rings is 1. The van der Waals surface area contributed by atoms with E-state index in [9.17, 15) is 0 Å². The average molecular weight is 279 g/mol. The minimum Gasteiger partial charge on any atom is -0.382 e. The molecule has 0 aliphatic heterocycles. The third-order valence-corrected chi connectivity index (χ3v) is 3.86. The van der Waals surface area contributed by atoms with Crippen LogP contribution < -0.4 is 5.32 Å². The van der Waals surface area contributed by atoms with Gasteiger partial charge in [0.15, 0.2) is 0 Å². The van der Waals surface area contributed by atoms with Gasteiger partial charge >= 0.3 is 0 Å². The summed E-state index contributed by atoms with van der Waals surface area (Å²) >= 11 is 18.0. The number of hydrogen-bond acceptors (Lipinski definition) is 1. The third-order valence-electron chi connectivity index (χ3n) is 3.05. The Bertz CT molecular complexity index is 350. The summed E-state index contributed by atoms with van der Waals surface area (Å²) in [6.07, 6.45) is 5.29. The molecular weight excluding hydrogens is 264 g/mol. The van der Waals surface area contributed by atoms with Crippen molar-refractivity contribution in [1.29, 1.82) is 0 Å². The molecule has 0 atom stereocenters. The van der Waals surface area contributed by atoms with Crippen LogP contribution in [0.5, 0.6) is 0 Å². The van der Waals surface area contributed by atoms with E-state index in [0.717, 1.165) is 18.2 Å². The van der Waals surface area contributed by atoms with Crippen molar-refractivity contribution >= 4 is 40.5 Å². The molecule has 1 fully saturated rings. The first-order chi connectivity index (χ1) is 7.66. The molecule has 1 aliphatic carbocycles. The van der Waals surface area contributed by atoms with Crippen LogP contribution in [0, 0.1) is 5.92 Å². The molecular formula is C12H14Cl3N. The van der Waals surface area contributed by atoms with Gasteiger partial charge in [-0.3, -0.25) is 0 Å². The Morgan fingerprint density at radius 3 is 2.19 bits per heavy atom. The molecule has 1 aliphatic rings. The summed E-state index contributed by atoms with van der Waals surface area (Å²) in [6.45, 7) is 0.946. The maximum Gasteiger partial charge on any atom is 0.0720 e. The zero-order valence-electron chi connectivity index (χ0n) is 8.90. The first-order valence-electron chi connectivity index (χ1n) is 5.55. The quantitative estimate of drug-likeness (QED) is 0.796. The highest BCUT2D eigenvalue weighted by Gasteiger charge is 2.16. The van der Waals surface area contributed by atoms with E-state index in [1.165, 1.54) is 25.7 Å². The van der Waals surface area contributed by atoms with Crippen LogP contribution in [0.25, 0.3) is 0 Å². The molecule has 0 amide bonds. The highest BCUT2D eigenvalue weighted by atomic mass is 35.5. The molecule has 0 heterocycles. The maximum absolute atomic E-state index is 6.09. The van der Waals surface area contributed by atoms with Crippen molar-refractivity contribution in [1.82, 2.24) is 0 Å². The van der Waals surface area contributed by atoms with E-state index in [1.54, 1.807) is 12.1 Å². The topological polar surface area (TPSA) is 12.0 Å². The average Bonchev–Trinajstić information content (AvgIpc) is 2.68. The predicted molar refractivity (Wildman–Crippen MR) is 71.9 cm³/mol. The zero-order valence-corrected chi connectivity index (χ0v) is 11.2. The Hall–Kier alpha value is -0.110. The van der Waals surface area contributed by atoms with Crippen molar-refractivity contribution in [2.45, 2.75) is 25.7 Å². The van der Waals surface area contributed by atoms with Gasteiger partial charge in [0.2, 0.25) is 0 Å². The SMILES string of the molecule is Clc1cc(Cl)c(NCC2CCCC2)c(Cl)c1. The third kappa shape index (κ3) is 2.97. The molecule has 1 N–H and O–H groups in total. The van der Waals surface area contributed by atoms with E-state index >= 15 is 0 Å². The van der Waals surface area contributed by atoms with E-state index in [1.807, 2.05) is 0 Å². The van der Waals surface area contributed by atoms with E-state index in [-0.39, 0.29) is 0 Å². The van der Waals surface area contributed by atoms with Crippen LogP contribution in [0.2, 0.25) is 15.1 Å². The zero-order chi connectivity index (χ0) is 11.5. The number of halogens is 3. The van der Waals surface area contributed by atoms with Gasteiger partial charge in [0.25, 0.3) is 0 Å². The highest BCUT2D eigenvalue weighted by Crippen LogP contribution is 2.34. The Morgan fingerprint density at radius 1 is 1.06 bits per heavy atom. The first-order valence-corrected chi connectivity index (χ1v) is 6.68. The molecule has 0 bridgehead atoms. The van der Waals surface area contributed by atoms with Crippen molar-refractivity contribution in [2.75, 3.05) is 11.9 Å². The number of nitrogens with one attached hydrogen (secondary N) is 1. The van der Waals surface area contributed by atoms with Gasteiger partial charge < -0.3 is 5.32 Å². The van der Waals surface area contributed by atoms with Crippen molar-refractivity contribution < 1.29 is 0 Å². The van der Waals surface area contributed by atoms with E-state index < -0.39 is 0 Å². The summed E-state index contributed by atoms with van der Waals surface area (Å²) < 4.78 is 0. The van der Waals surface area contributed by atoms with E-state index in [0.29, 0.717) is 15.1 Å². The molecule has 0 aromatic heterocycles. The van der Waals surface area contributed by atoms with Gasteiger partial charge in [-0.1, -0.05) is 47.6 Å². The van der Waals surface area contributed by atoms with Gasteiger partial charge in [0, 0.05) is 11.6 Å². The highest BCUT2D eigenvalue weighted by molar-refractivity contribution is 6.41.